The van der Waals surface area contributed by atoms with E-state index in [0.29, 0.717) is 6.61 Å². The van der Waals surface area contributed by atoms with E-state index in [1.54, 1.807) is 6.92 Å². The Labute approximate surface area is 121 Å². The van der Waals surface area contributed by atoms with Crippen molar-refractivity contribution in [2.75, 3.05) is 6.61 Å². The van der Waals surface area contributed by atoms with E-state index in [9.17, 15) is 5.11 Å². The minimum atomic E-state index is -0.509. The van der Waals surface area contributed by atoms with Gasteiger partial charge in [0.1, 0.15) is 5.75 Å². The van der Waals surface area contributed by atoms with Crippen LogP contribution in [0.2, 0.25) is 0 Å². The molecule has 0 aromatic heterocycles. The van der Waals surface area contributed by atoms with Gasteiger partial charge in [0.15, 0.2) is 0 Å². The summed E-state index contributed by atoms with van der Waals surface area (Å²) in [7, 11) is 0. The van der Waals surface area contributed by atoms with Gasteiger partial charge in [-0.25, -0.2) is 0 Å². The number of benzene rings is 2. The predicted octanol–water partition coefficient (Wildman–Crippen LogP) is 4.85. The van der Waals surface area contributed by atoms with Crippen molar-refractivity contribution in [1.82, 2.24) is 0 Å². The lowest BCUT2D eigenvalue weighted by molar-refractivity contribution is 0.191. The van der Waals surface area contributed by atoms with Crippen molar-refractivity contribution in [2.24, 2.45) is 0 Å². The maximum atomic E-state index is 9.92. The van der Waals surface area contributed by atoms with E-state index < -0.39 is 6.10 Å². The summed E-state index contributed by atoms with van der Waals surface area (Å²) in [6.45, 7) is 4.71. The lowest BCUT2D eigenvalue weighted by Gasteiger charge is -2.16. The molecule has 0 aliphatic rings. The highest BCUT2D eigenvalue weighted by Crippen LogP contribution is 2.33. The first-order valence-electron chi connectivity index (χ1n) is 7.56. The second kappa shape index (κ2) is 7.30. The normalized spacial score (nSPS) is 12.6. The van der Waals surface area contributed by atoms with Crippen molar-refractivity contribution < 1.29 is 9.84 Å². The topological polar surface area (TPSA) is 29.5 Å². The zero-order valence-electron chi connectivity index (χ0n) is 12.4. The molecule has 0 fully saturated rings. The molecule has 2 aromatic carbocycles. The maximum Gasteiger partial charge on any atom is 0.132 e. The van der Waals surface area contributed by atoms with Crippen LogP contribution >= 0.6 is 0 Å². The lowest BCUT2D eigenvalue weighted by atomic mass is 10.0. The summed E-state index contributed by atoms with van der Waals surface area (Å²) >= 11 is 0. The fourth-order valence-electron chi connectivity index (χ4n) is 2.45. The zero-order chi connectivity index (χ0) is 14.4. The van der Waals surface area contributed by atoms with Crippen LogP contribution in [0.1, 0.15) is 51.2 Å². The molecule has 0 spiro atoms. The molecule has 0 bridgehead atoms. The zero-order valence-corrected chi connectivity index (χ0v) is 12.4. The van der Waals surface area contributed by atoms with E-state index in [2.05, 4.69) is 19.1 Å². The van der Waals surface area contributed by atoms with Gasteiger partial charge in [-0.05, 0) is 18.7 Å². The Bertz CT molecular complexity index is 546. The van der Waals surface area contributed by atoms with Gasteiger partial charge in [0, 0.05) is 10.9 Å². The number of fused-ring (bicyclic) bond motifs is 1. The van der Waals surface area contributed by atoms with Crippen molar-refractivity contribution in [3.8, 4) is 5.75 Å². The second-order valence-electron chi connectivity index (χ2n) is 5.29. The van der Waals surface area contributed by atoms with Crippen molar-refractivity contribution in [3.63, 3.8) is 0 Å². The molecule has 2 aromatic rings. The maximum absolute atomic E-state index is 9.92. The minimum absolute atomic E-state index is 0.509. The van der Waals surface area contributed by atoms with Gasteiger partial charge >= 0.3 is 0 Å². The molecule has 2 heteroatoms. The van der Waals surface area contributed by atoms with Gasteiger partial charge < -0.3 is 9.84 Å². The van der Waals surface area contributed by atoms with E-state index in [4.69, 9.17) is 4.74 Å². The van der Waals surface area contributed by atoms with Crippen LogP contribution in [-0.2, 0) is 0 Å². The molecule has 2 nitrogen and oxygen atoms in total. The third-order valence-corrected chi connectivity index (χ3v) is 3.60. The number of hydrogen-bond donors (Lipinski definition) is 1. The third-order valence-electron chi connectivity index (χ3n) is 3.60. The van der Waals surface area contributed by atoms with Crippen molar-refractivity contribution in [3.05, 3.63) is 42.0 Å². The standard InChI is InChI=1S/C18H24O2/c1-3-4-5-8-13-20-18-16(14(2)19)12-11-15-9-6-7-10-17(15)18/h6-7,9-12,14,19H,3-5,8,13H2,1-2H3. The lowest BCUT2D eigenvalue weighted by Crippen LogP contribution is -2.03. The van der Waals surface area contributed by atoms with Gasteiger partial charge in [-0.1, -0.05) is 62.6 Å². The first kappa shape index (κ1) is 14.9. The largest absolute Gasteiger partial charge is 0.493 e. The Morgan fingerprint density at radius 3 is 2.60 bits per heavy atom. The molecule has 20 heavy (non-hydrogen) atoms. The number of ether oxygens (including phenoxy) is 1. The smallest absolute Gasteiger partial charge is 0.132 e. The molecule has 0 saturated heterocycles. The van der Waals surface area contributed by atoms with Crippen LogP contribution in [0.3, 0.4) is 0 Å². The average Bonchev–Trinajstić information content (AvgIpc) is 2.46. The van der Waals surface area contributed by atoms with Gasteiger partial charge in [0.25, 0.3) is 0 Å². The van der Waals surface area contributed by atoms with Crippen LogP contribution in [0, 0.1) is 0 Å². The summed E-state index contributed by atoms with van der Waals surface area (Å²) in [6, 6.07) is 12.2. The van der Waals surface area contributed by atoms with E-state index in [-0.39, 0.29) is 0 Å². The van der Waals surface area contributed by atoms with Crippen molar-refractivity contribution in [1.29, 1.82) is 0 Å². The summed E-state index contributed by atoms with van der Waals surface area (Å²) in [6.07, 6.45) is 4.24. The number of unbranched alkanes of at least 4 members (excludes halogenated alkanes) is 3. The average molecular weight is 272 g/mol. The van der Waals surface area contributed by atoms with Gasteiger partial charge in [0.05, 0.1) is 12.7 Å². The molecule has 1 unspecified atom stereocenters. The summed E-state index contributed by atoms with van der Waals surface area (Å²) in [5, 5.41) is 12.2. The Morgan fingerprint density at radius 1 is 1.05 bits per heavy atom. The van der Waals surface area contributed by atoms with Crippen LogP contribution < -0.4 is 4.74 Å². The van der Waals surface area contributed by atoms with Gasteiger partial charge in [-0.2, -0.15) is 0 Å². The third kappa shape index (κ3) is 3.51. The molecular weight excluding hydrogens is 248 g/mol. The Hall–Kier alpha value is -1.54. The molecule has 0 heterocycles. The quantitative estimate of drug-likeness (QED) is 0.730. The summed E-state index contributed by atoms with van der Waals surface area (Å²) < 4.78 is 6.00. The molecule has 0 aliphatic carbocycles. The molecule has 0 aliphatic heterocycles. The highest BCUT2D eigenvalue weighted by molar-refractivity contribution is 5.89. The molecule has 108 valence electrons. The number of hydrogen-bond acceptors (Lipinski definition) is 2. The molecule has 1 N–H and O–H groups in total. The summed E-state index contributed by atoms with van der Waals surface area (Å²) in [5.41, 5.74) is 0.874. The van der Waals surface area contributed by atoms with Crippen LogP contribution in [0.25, 0.3) is 10.8 Å². The highest BCUT2D eigenvalue weighted by Gasteiger charge is 2.12. The molecule has 0 saturated carbocycles. The van der Waals surface area contributed by atoms with E-state index in [1.807, 2.05) is 24.3 Å². The molecule has 0 radical (unpaired) electrons. The fraction of sp³-hybridized carbons (Fsp3) is 0.444. The van der Waals surface area contributed by atoms with Gasteiger partial charge in [-0.15, -0.1) is 0 Å². The Kier molecular flexibility index (Phi) is 5.42. The second-order valence-corrected chi connectivity index (χ2v) is 5.29. The predicted molar refractivity (Wildman–Crippen MR) is 84.2 cm³/mol. The Balaban J connectivity index is 2.21. The highest BCUT2D eigenvalue weighted by atomic mass is 16.5. The minimum Gasteiger partial charge on any atom is -0.493 e. The Morgan fingerprint density at radius 2 is 1.85 bits per heavy atom. The molecule has 2 rings (SSSR count). The molecule has 1 atom stereocenters. The van der Waals surface area contributed by atoms with Crippen molar-refractivity contribution >= 4 is 10.8 Å². The van der Waals surface area contributed by atoms with Crippen LogP contribution in [0.4, 0.5) is 0 Å². The first-order valence-corrected chi connectivity index (χ1v) is 7.56. The number of rotatable bonds is 7. The van der Waals surface area contributed by atoms with Crippen LogP contribution in [0.5, 0.6) is 5.75 Å². The van der Waals surface area contributed by atoms with E-state index in [0.717, 1.165) is 28.5 Å². The van der Waals surface area contributed by atoms with E-state index >= 15 is 0 Å². The number of aliphatic hydroxyl groups excluding tert-OH is 1. The van der Waals surface area contributed by atoms with Crippen LogP contribution in [0.15, 0.2) is 36.4 Å². The summed E-state index contributed by atoms with van der Waals surface area (Å²) in [4.78, 5) is 0. The van der Waals surface area contributed by atoms with Gasteiger partial charge in [-0.3, -0.25) is 0 Å². The van der Waals surface area contributed by atoms with E-state index in [1.165, 1.54) is 19.3 Å². The number of aliphatic hydroxyl groups is 1. The van der Waals surface area contributed by atoms with Gasteiger partial charge in [0.2, 0.25) is 0 Å². The van der Waals surface area contributed by atoms with Crippen molar-refractivity contribution in [2.45, 2.75) is 45.6 Å². The monoisotopic (exact) mass is 272 g/mol. The SMILES string of the molecule is CCCCCCOc1c(C(C)O)ccc2ccccc12. The summed E-state index contributed by atoms with van der Waals surface area (Å²) in [5.74, 6) is 0.842. The van der Waals surface area contributed by atoms with Crippen LogP contribution in [-0.4, -0.2) is 11.7 Å². The molecule has 0 amide bonds. The fourth-order valence-corrected chi connectivity index (χ4v) is 2.45. The molecular formula is C18H24O2. The first-order chi connectivity index (χ1) is 9.74.